The molecule has 0 radical (unpaired) electrons. The maximum absolute atomic E-state index is 13.0. The Labute approximate surface area is 156 Å². The molecule has 1 aliphatic carbocycles. The third-order valence-electron chi connectivity index (χ3n) is 4.66. The zero-order valence-corrected chi connectivity index (χ0v) is 15.7. The van der Waals surface area contributed by atoms with Crippen molar-refractivity contribution in [1.29, 1.82) is 0 Å². The molecule has 1 amide bonds. The largest absolute Gasteiger partial charge is 0.449 e. The molecule has 0 saturated carbocycles. The van der Waals surface area contributed by atoms with Crippen molar-refractivity contribution in [2.24, 2.45) is 0 Å². The number of thiophene rings is 1. The highest BCUT2D eigenvalue weighted by Crippen LogP contribution is 2.30. The first-order valence-corrected chi connectivity index (χ1v) is 9.69. The molecule has 1 aliphatic rings. The number of hydrogen-bond acceptors (Lipinski definition) is 4. The quantitative estimate of drug-likeness (QED) is 0.798. The van der Waals surface area contributed by atoms with Crippen LogP contribution < -0.4 is 5.32 Å². The van der Waals surface area contributed by atoms with Gasteiger partial charge in [-0.15, -0.1) is 11.3 Å². The van der Waals surface area contributed by atoms with Gasteiger partial charge in [-0.1, -0.05) is 12.1 Å². The number of ether oxygens (including phenoxy) is 1. The standard InChI is InChI=1S/C20H22FNO3S/c1-12(14-7-9-15(21)10-8-14)22-19(23)13(2)25-20(24)17-11-26-18-6-4-3-5-16(17)18/h7-13H,3-6H2,1-2H3,(H,22,23)/t12-,13+/m0/s1. The van der Waals surface area contributed by atoms with Gasteiger partial charge in [-0.25, -0.2) is 9.18 Å². The average molecular weight is 375 g/mol. The molecule has 1 aromatic heterocycles. The number of carbonyl (C=O) groups is 2. The van der Waals surface area contributed by atoms with Crippen LogP contribution in [0.1, 0.15) is 59.1 Å². The molecule has 6 heteroatoms. The normalized spacial score (nSPS) is 15.7. The van der Waals surface area contributed by atoms with Crippen LogP contribution >= 0.6 is 11.3 Å². The minimum absolute atomic E-state index is 0.307. The SMILES string of the molecule is C[C@H](NC(=O)[C@@H](C)OC(=O)c1csc2c1CCCC2)c1ccc(F)cc1. The molecule has 0 aliphatic heterocycles. The second kappa shape index (κ2) is 7.99. The Morgan fingerprint density at radius 3 is 2.58 bits per heavy atom. The molecule has 138 valence electrons. The van der Waals surface area contributed by atoms with E-state index >= 15 is 0 Å². The van der Waals surface area contributed by atoms with E-state index in [9.17, 15) is 14.0 Å². The van der Waals surface area contributed by atoms with Crippen molar-refractivity contribution in [2.75, 3.05) is 0 Å². The lowest BCUT2D eigenvalue weighted by atomic mass is 9.96. The predicted molar refractivity (Wildman–Crippen MR) is 98.8 cm³/mol. The van der Waals surface area contributed by atoms with Crippen LogP contribution in [0.3, 0.4) is 0 Å². The average Bonchev–Trinajstić information content (AvgIpc) is 3.06. The molecule has 1 heterocycles. The summed E-state index contributed by atoms with van der Waals surface area (Å²) in [7, 11) is 0. The van der Waals surface area contributed by atoms with E-state index in [0.29, 0.717) is 5.56 Å². The van der Waals surface area contributed by atoms with Crippen LogP contribution in [0.15, 0.2) is 29.6 Å². The summed E-state index contributed by atoms with van der Waals surface area (Å²) in [4.78, 5) is 26.0. The van der Waals surface area contributed by atoms with Crippen molar-refractivity contribution in [3.8, 4) is 0 Å². The maximum atomic E-state index is 13.0. The van der Waals surface area contributed by atoms with Gasteiger partial charge in [-0.3, -0.25) is 4.79 Å². The van der Waals surface area contributed by atoms with E-state index in [1.54, 1.807) is 37.3 Å². The van der Waals surface area contributed by atoms with Crippen molar-refractivity contribution in [3.05, 3.63) is 57.0 Å². The third kappa shape index (κ3) is 4.12. The monoisotopic (exact) mass is 375 g/mol. The number of rotatable bonds is 5. The Bertz CT molecular complexity index is 800. The molecule has 3 rings (SSSR count). The molecule has 4 nitrogen and oxygen atoms in total. The molecule has 26 heavy (non-hydrogen) atoms. The summed E-state index contributed by atoms with van der Waals surface area (Å²) in [6.07, 6.45) is 3.24. The van der Waals surface area contributed by atoms with Gasteiger partial charge in [-0.05, 0) is 62.8 Å². The summed E-state index contributed by atoms with van der Waals surface area (Å²) in [5, 5.41) is 4.63. The highest BCUT2D eigenvalue weighted by molar-refractivity contribution is 7.10. The lowest BCUT2D eigenvalue weighted by molar-refractivity contribution is -0.129. The first-order chi connectivity index (χ1) is 12.5. The topological polar surface area (TPSA) is 55.4 Å². The fourth-order valence-electron chi connectivity index (χ4n) is 3.11. The summed E-state index contributed by atoms with van der Waals surface area (Å²) < 4.78 is 18.4. The van der Waals surface area contributed by atoms with Gasteiger partial charge in [-0.2, -0.15) is 0 Å². The van der Waals surface area contributed by atoms with Crippen molar-refractivity contribution < 1.29 is 18.7 Å². The van der Waals surface area contributed by atoms with Crippen LogP contribution in [0, 0.1) is 5.82 Å². The maximum Gasteiger partial charge on any atom is 0.340 e. The van der Waals surface area contributed by atoms with Gasteiger partial charge in [0.15, 0.2) is 6.10 Å². The predicted octanol–water partition coefficient (Wildman–Crippen LogP) is 4.19. The second-order valence-electron chi connectivity index (χ2n) is 6.59. The number of nitrogens with one attached hydrogen (secondary N) is 1. The van der Waals surface area contributed by atoms with E-state index < -0.39 is 12.1 Å². The number of fused-ring (bicyclic) bond motifs is 1. The van der Waals surface area contributed by atoms with E-state index in [1.807, 2.05) is 5.38 Å². The van der Waals surface area contributed by atoms with E-state index in [1.165, 1.54) is 17.0 Å². The molecule has 0 fully saturated rings. The number of benzene rings is 1. The Balaban J connectivity index is 1.59. The van der Waals surface area contributed by atoms with Gasteiger partial charge >= 0.3 is 5.97 Å². The lowest BCUT2D eigenvalue weighted by Gasteiger charge is -2.19. The van der Waals surface area contributed by atoms with E-state index in [-0.39, 0.29) is 17.8 Å². The zero-order valence-electron chi connectivity index (χ0n) is 14.9. The lowest BCUT2D eigenvalue weighted by Crippen LogP contribution is -2.37. The van der Waals surface area contributed by atoms with E-state index in [0.717, 1.165) is 36.8 Å². The summed E-state index contributed by atoms with van der Waals surface area (Å²) >= 11 is 1.59. The molecule has 0 saturated heterocycles. The highest BCUT2D eigenvalue weighted by atomic mass is 32.1. The van der Waals surface area contributed by atoms with Crippen molar-refractivity contribution in [2.45, 2.75) is 51.7 Å². The first-order valence-electron chi connectivity index (χ1n) is 8.81. The van der Waals surface area contributed by atoms with Crippen molar-refractivity contribution >= 4 is 23.2 Å². The Hall–Kier alpha value is -2.21. The minimum Gasteiger partial charge on any atom is -0.449 e. The Morgan fingerprint density at radius 2 is 1.85 bits per heavy atom. The molecule has 0 unspecified atom stereocenters. The van der Waals surface area contributed by atoms with Crippen molar-refractivity contribution in [3.63, 3.8) is 0 Å². The van der Waals surface area contributed by atoms with Gasteiger partial charge in [0, 0.05) is 10.3 Å². The zero-order chi connectivity index (χ0) is 18.7. The van der Waals surface area contributed by atoms with Crippen LogP contribution in [0.5, 0.6) is 0 Å². The fourth-order valence-corrected chi connectivity index (χ4v) is 4.22. The van der Waals surface area contributed by atoms with Crippen LogP contribution in [0.4, 0.5) is 4.39 Å². The number of halogens is 1. The molecular formula is C20H22FNO3S. The molecule has 0 bridgehead atoms. The first kappa shape index (κ1) is 18.6. The number of amides is 1. The molecule has 1 aromatic carbocycles. The van der Waals surface area contributed by atoms with Gasteiger partial charge < -0.3 is 10.1 Å². The van der Waals surface area contributed by atoms with E-state index in [4.69, 9.17) is 4.74 Å². The fraction of sp³-hybridized carbons (Fsp3) is 0.400. The molecular weight excluding hydrogens is 353 g/mol. The summed E-state index contributed by atoms with van der Waals surface area (Å²) in [5.74, 6) is -1.14. The van der Waals surface area contributed by atoms with Crippen LogP contribution in [0.25, 0.3) is 0 Å². The van der Waals surface area contributed by atoms with Crippen molar-refractivity contribution in [1.82, 2.24) is 5.32 Å². The number of esters is 1. The van der Waals surface area contributed by atoms with E-state index in [2.05, 4.69) is 5.32 Å². The Kier molecular flexibility index (Phi) is 5.71. The highest BCUT2D eigenvalue weighted by Gasteiger charge is 2.25. The summed E-state index contributed by atoms with van der Waals surface area (Å²) in [6.45, 7) is 3.36. The third-order valence-corrected chi connectivity index (χ3v) is 5.75. The summed E-state index contributed by atoms with van der Waals surface area (Å²) in [5.41, 5.74) is 2.46. The Morgan fingerprint density at radius 1 is 1.15 bits per heavy atom. The molecule has 2 atom stereocenters. The molecule has 1 N–H and O–H groups in total. The van der Waals surface area contributed by atoms with Crippen LogP contribution in [-0.2, 0) is 22.4 Å². The van der Waals surface area contributed by atoms with Gasteiger partial charge in [0.05, 0.1) is 11.6 Å². The molecule has 2 aromatic rings. The van der Waals surface area contributed by atoms with Gasteiger partial charge in [0.2, 0.25) is 0 Å². The van der Waals surface area contributed by atoms with Crippen LogP contribution in [-0.4, -0.2) is 18.0 Å². The smallest absolute Gasteiger partial charge is 0.340 e. The van der Waals surface area contributed by atoms with Gasteiger partial charge in [0.25, 0.3) is 5.91 Å². The number of aryl methyl sites for hydroxylation is 1. The second-order valence-corrected chi connectivity index (χ2v) is 7.55. The number of carbonyl (C=O) groups excluding carboxylic acids is 2. The molecule has 0 spiro atoms. The van der Waals surface area contributed by atoms with Crippen LogP contribution in [0.2, 0.25) is 0 Å². The number of hydrogen-bond donors (Lipinski definition) is 1. The summed E-state index contributed by atoms with van der Waals surface area (Å²) in [6, 6.07) is 5.63. The van der Waals surface area contributed by atoms with Gasteiger partial charge in [0.1, 0.15) is 5.82 Å². The minimum atomic E-state index is -0.899.